The first kappa shape index (κ1) is 74.8. The Morgan fingerprint density at radius 3 is 0.848 bits per heavy atom. The smallest absolute Gasteiger partial charge is 0.0541 e. The van der Waals surface area contributed by atoms with Crippen LogP contribution in [0.1, 0.15) is 0 Å². The highest BCUT2D eigenvalue weighted by Gasteiger charge is 2.24. The Balaban J connectivity index is 0.000000136. The van der Waals surface area contributed by atoms with Crippen molar-refractivity contribution in [2.45, 2.75) is 0 Å². The molecule has 0 fully saturated rings. The maximum Gasteiger partial charge on any atom is 0.0541 e. The van der Waals surface area contributed by atoms with Crippen LogP contribution in [0.5, 0.6) is 0 Å². The first-order chi connectivity index (χ1) is 65.5. The summed E-state index contributed by atoms with van der Waals surface area (Å²) in [4.78, 5) is 0. The van der Waals surface area contributed by atoms with Gasteiger partial charge in [-0.25, -0.2) is 0 Å². The third kappa shape index (κ3) is 11.9. The van der Waals surface area contributed by atoms with Gasteiger partial charge in [-0.05, 0) is 286 Å². The van der Waals surface area contributed by atoms with E-state index in [0.717, 1.165) is 22.7 Å². The van der Waals surface area contributed by atoms with Gasteiger partial charge in [-0.15, -0.1) is 0 Å². The number of nitrogens with zero attached hydrogens (tertiary/aromatic N) is 4. The van der Waals surface area contributed by atoms with E-state index in [2.05, 4.69) is 504 Å². The Morgan fingerprint density at radius 2 is 0.386 bits per heavy atom. The zero-order valence-electron chi connectivity index (χ0n) is 72.0. The molecule has 24 aromatic carbocycles. The second kappa shape index (κ2) is 30.1. The lowest BCUT2D eigenvalue weighted by atomic mass is 9.85. The first-order valence-corrected chi connectivity index (χ1v) is 45.7. The lowest BCUT2D eigenvalue weighted by Crippen LogP contribution is -1.95. The number of aromatic nitrogens is 4. The van der Waals surface area contributed by atoms with Gasteiger partial charge < -0.3 is 18.3 Å². The van der Waals surface area contributed by atoms with Gasteiger partial charge in [-0.1, -0.05) is 352 Å². The zero-order chi connectivity index (χ0) is 86.6. The summed E-state index contributed by atoms with van der Waals surface area (Å²) in [6.07, 6.45) is 0. The number of rotatable bonds is 10. The normalized spacial score (nSPS) is 11.9. The molecule has 4 heteroatoms. The van der Waals surface area contributed by atoms with Gasteiger partial charge in [0, 0.05) is 65.8 Å². The number of fused-ring (bicyclic) bond motifs is 27. The van der Waals surface area contributed by atoms with Crippen molar-refractivity contribution in [2.24, 2.45) is 0 Å². The first-order valence-electron chi connectivity index (χ1n) is 45.7. The SMILES string of the molecule is c1ccc(-c2cccc(-n3c4ccccc4c4cc(-c5ccc6c(c5)c5ccccc5n6-c5ccc(-c6cc7c8ccccc8c8ccccc8c7c7c6ccc6ccccc67)cc5)ccc43)c2)cc1.c1ccc(-c2cccc(-n3c4ccccc4c4cc(-c5ccc6c(c5)c5ccccc5n6-c5cccc(-c6cc7c8ccccc8ccc7c7ccccc67)c5)ccc43)c2)cc1. The molecule has 0 N–H and O–H groups in total. The average molecular weight is 1670 g/mol. The van der Waals surface area contributed by atoms with E-state index in [9.17, 15) is 0 Å². The molecular weight excluding hydrogens is 1590 g/mol. The Kier molecular flexibility index (Phi) is 17.1. The van der Waals surface area contributed by atoms with Crippen LogP contribution in [0.4, 0.5) is 0 Å². The summed E-state index contributed by atoms with van der Waals surface area (Å²) in [5, 5.41) is 30.5. The van der Waals surface area contributed by atoms with E-state index in [-0.39, 0.29) is 0 Å². The Morgan fingerprint density at radius 1 is 0.106 bits per heavy atom. The Bertz CT molecular complexity index is 9650. The third-order valence-electron chi connectivity index (χ3n) is 28.1. The molecule has 28 rings (SSSR count). The van der Waals surface area contributed by atoms with Crippen LogP contribution in [0.2, 0.25) is 0 Å². The van der Waals surface area contributed by atoms with Crippen LogP contribution >= 0.6 is 0 Å². The van der Waals surface area contributed by atoms with Crippen molar-refractivity contribution in [3.63, 3.8) is 0 Å². The van der Waals surface area contributed by atoms with E-state index in [0.29, 0.717) is 0 Å². The molecule has 612 valence electrons. The molecular formula is C128H80N4. The fourth-order valence-electron chi connectivity index (χ4n) is 22.1. The summed E-state index contributed by atoms with van der Waals surface area (Å²) in [7, 11) is 0. The van der Waals surface area contributed by atoms with Crippen LogP contribution in [0, 0.1) is 0 Å². The molecule has 0 aliphatic carbocycles. The minimum atomic E-state index is 1.14. The monoisotopic (exact) mass is 1670 g/mol. The summed E-state index contributed by atoms with van der Waals surface area (Å²) in [5.41, 5.74) is 28.7. The fourth-order valence-corrected chi connectivity index (χ4v) is 22.1. The molecule has 4 aromatic heterocycles. The van der Waals surface area contributed by atoms with Gasteiger partial charge in [0.15, 0.2) is 0 Å². The summed E-state index contributed by atoms with van der Waals surface area (Å²) >= 11 is 0. The van der Waals surface area contributed by atoms with Crippen LogP contribution in [0.25, 0.3) is 263 Å². The second-order valence-electron chi connectivity index (χ2n) is 35.3. The van der Waals surface area contributed by atoms with Gasteiger partial charge >= 0.3 is 0 Å². The zero-order valence-corrected chi connectivity index (χ0v) is 72.0. The average Bonchev–Trinajstić information content (AvgIpc) is 0.748. The molecule has 0 amide bonds. The quantitative estimate of drug-likeness (QED) is 0.122. The fraction of sp³-hybridized carbons (Fsp3) is 0. The number of para-hydroxylation sites is 4. The molecule has 0 spiro atoms. The minimum absolute atomic E-state index is 1.14. The molecule has 0 atom stereocenters. The molecule has 0 aliphatic rings. The molecule has 0 saturated carbocycles. The number of benzene rings is 24. The third-order valence-corrected chi connectivity index (χ3v) is 28.1. The van der Waals surface area contributed by atoms with Crippen LogP contribution in [0.15, 0.2) is 485 Å². The van der Waals surface area contributed by atoms with Gasteiger partial charge in [-0.3, -0.25) is 0 Å². The molecule has 0 radical (unpaired) electrons. The highest BCUT2D eigenvalue weighted by atomic mass is 15.0. The summed E-state index contributed by atoms with van der Waals surface area (Å²) < 4.78 is 9.70. The van der Waals surface area contributed by atoms with Crippen LogP contribution < -0.4 is 0 Å². The van der Waals surface area contributed by atoms with Crippen molar-refractivity contribution >= 4 is 173 Å². The van der Waals surface area contributed by atoms with Gasteiger partial charge in [0.05, 0.1) is 44.1 Å². The predicted molar refractivity (Wildman–Crippen MR) is 563 cm³/mol. The summed E-state index contributed by atoms with van der Waals surface area (Å²) in [6.45, 7) is 0. The van der Waals surface area contributed by atoms with E-state index in [4.69, 9.17) is 0 Å². The molecule has 0 bridgehead atoms. The van der Waals surface area contributed by atoms with Crippen molar-refractivity contribution in [3.8, 4) is 89.5 Å². The Labute approximate surface area is 761 Å². The highest BCUT2D eigenvalue weighted by molar-refractivity contribution is 6.37. The summed E-state index contributed by atoms with van der Waals surface area (Å²) in [5.74, 6) is 0. The van der Waals surface area contributed by atoms with E-state index >= 15 is 0 Å². The lowest BCUT2D eigenvalue weighted by molar-refractivity contribution is 1.18. The maximum absolute atomic E-state index is 2.46. The summed E-state index contributed by atoms with van der Waals surface area (Å²) in [6, 6.07) is 179. The second-order valence-corrected chi connectivity index (χ2v) is 35.3. The van der Waals surface area contributed by atoms with Crippen molar-refractivity contribution in [1.29, 1.82) is 0 Å². The highest BCUT2D eigenvalue weighted by Crippen LogP contribution is 2.49. The molecule has 132 heavy (non-hydrogen) atoms. The number of hydrogen-bond donors (Lipinski definition) is 0. The van der Waals surface area contributed by atoms with Gasteiger partial charge in [-0.2, -0.15) is 0 Å². The van der Waals surface area contributed by atoms with Crippen molar-refractivity contribution in [3.05, 3.63) is 485 Å². The number of hydrogen-bond acceptors (Lipinski definition) is 0. The minimum Gasteiger partial charge on any atom is -0.309 e. The molecule has 0 saturated heterocycles. The van der Waals surface area contributed by atoms with Crippen molar-refractivity contribution in [2.75, 3.05) is 0 Å². The molecule has 28 aromatic rings. The Hall–Kier alpha value is -17.4. The van der Waals surface area contributed by atoms with E-state index in [1.165, 1.54) is 240 Å². The van der Waals surface area contributed by atoms with E-state index < -0.39 is 0 Å². The lowest BCUT2D eigenvalue weighted by Gasteiger charge is -2.18. The largest absolute Gasteiger partial charge is 0.309 e. The van der Waals surface area contributed by atoms with Gasteiger partial charge in [0.25, 0.3) is 0 Å². The van der Waals surface area contributed by atoms with Crippen LogP contribution in [-0.4, -0.2) is 18.3 Å². The van der Waals surface area contributed by atoms with Crippen LogP contribution in [-0.2, 0) is 0 Å². The van der Waals surface area contributed by atoms with Gasteiger partial charge in [0.1, 0.15) is 0 Å². The van der Waals surface area contributed by atoms with Crippen molar-refractivity contribution in [1.82, 2.24) is 18.3 Å². The van der Waals surface area contributed by atoms with Crippen molar-refractivity contribution < 1.29 is 0 Å². The van der Waals surface area contributed by atoms with E-state index in [1.54, 1.807) is 0 Å². The molecule has 4 nitrogen and oxygen atoms in total. The maximum atomic E-state index is 2.46. The molecule has 4 heterocycles. The predicted octanol–water partition coefficient (Wildman–Crippen LogP) is 35.0. The molecule has 0 unspecified atom stereocenters. The molecule has 0 aliphatic heterocycles. The van der Waals surface area contributed by atoms with Crippen LogP contribution in [0.3, 0.4) is 0 Å². The topological polar surface area (TPSA) is 19.7 Å². The standard InChI is InChI=1S/C68H42N2.C60H38N2/c1-2-15-43(16-3-1)46-18-14-19-50(39-46)70-64-28-13-11-25-56(64)61-41-48(33-38-66(61)70)47-32-37-65-60(40-47)55-24-10-12-27-63(55)69(65)49-34-29-45(30-35-49)59-42-62-54-23-7-6-21-52(54)53-22-8-9-26-57(53)68(62)67-51-20-5-4-17-44(51)31-36-58(59)67;1-2-14-39(15-3-1)41-17-12-19-45(34-41)61-57-26-10-8-24-51(57)55-36-42(29-32-59(55)61)43-30-33-60-56(37-43)52-25-9-11-27-58(52)62(60)46-20-13-18-44(35-46)53-38-54-47-21-5-4-16-40(47)28-31-50(54)48-22-6-7-23-49(48)53/h1-42H;1-38H. The van der Waals surface area contributed by atoms with Gasteiger partial charge in [0.2, 0.25) is 0 Å². The van der Waals surface area contributed by atoms with E-state index in [1.807, 2.05) is 0 Å².